The van der Waals surface area contributed by atoms with Crippen LogP contribution in [0.4, 0.5) is 0 Å². The molecule has 0 saturated heterocycles. The molecule has 1 saturated carbocycles. The van der Waals surface area contributed by atoms with Gasteiger partial charge in [0.05, 0.1) is 12.7 Å². The highest BCUT2D eigenvalue weighted by Gasteiger charge is 2.34. The highest BCUT2D eigenvalue weighted by atomic mass is 16.5. The Kier molecular flexibility index (Phi) is 2.25. The predicted octanol–water partition coefficient (Wildman–Crippen LogP) is 1.29. The van der Waals surface area contributed by atoms with Crippen LogP contribution in [0.5, 0.6) is 0 Å². The summed E-state index contributed by atoms with van der Waals surface area (Å²) in [4.78, 5) is 11.1. The summed E-state index contributed by atoms with van der Waals surface area (Å²) in [5, 5.41) is 0. The molecule has 74 valence electrons. The van der Waals surface area contributed by atoms with Gasteiger partial charge in [-0.05, 0) is 24.1 Å². The predicted molar refractivity (Wildman–Crippen MR) is 53.1 cm³/mol. The van der Waals surface area contributed by atoms with E-state index in [1.54, 1.807) is 12.1 Å². The zero-order valence-electron chi connectivity index (χ0n) is 8.07. The van der Waals surface area contributed by atoms with Crippen LogP contribution in [-0.4, -0.2) is 19.1 Å². The number of carbonyl (C=O) groups excluding carboxylic acids is 1. The second-order valence-electron chi connectivity index (χ2n) is 3.62. The first-order chi connectivity index (χ1) is 6.72. The quantitative estimate of drug-likeness (QED) is 0.716. The Morgan fingerprint density at radius 2 is 2.00 bits per heavy atom. The molecule has 1 fully saturated rings. The van der Waals surface area contributed by atoms with Crippen molar-refractivity contribution in [2.45, 2.75) is 18.4 Å². The highest BCUT2D eigenvalue weighted by Crippen LogP contribution is 2.38. The van der Waals surface area contributed by atoms with Gasteiger partial charge in [-0.25, -0.2) is 4.79 Å². The van der Waals surface area contributed by atoms with Crippen LogP contribution in [0.3, 0.4) is 0 Å². The van der Waals surface area contributed by atoms with E-state index in [2.05, 4.69) is 4.74 Å². The molecule has 3 heteroatoms. The third-order valence-corrected chi connectivity index (χ3v) is 2.60. The van der Waals surface area contributed by atoms with E-state index in [1.807, 2.05) is 12.1 Å². The molecule has 1 aliphatic carbocycles. The van der Waals surface area contributed by atoms with Crippen LogP contribution in [0.15, 0.2) is 24.3 Å². The van der Waals surface area contributed by atoms with Gasteiger partial charge in [0.1, 0.15) is 0 Å². The number of benzene rings is 1. The van der Waals surface area contributed by atoms with E-state index >= 15 is 0 Å². The van der Waals surface area contributed by atoms with Gasteiger partial charge in [-0.1, -0.05) is 12.1 Å². The summed E-state index contributed by atoms with van der Waals surface area (Å²) in [6.45, 7) is 0. The second kappa shape index (κ2) is 3.42. The van der Waals surface area contributed by atoms with Crippen molar-refractivity contribution in [2.75, 3.05) is 7.11 Å². The Morgan fingerprint density at radius 3 is 2.43 bits per heavy atom. The fraction of sp³-hybridized carbons (Fsp3) is 0.364. The van der Waals surface area contributed by atoms with Crippen molar-refractivity contribution in [3.8, 4) is 0 Å². The Labute approximate surface area is 82.9 Å². The largest absolute Gasteiger partial charge is 0.465 e. The summed E-state index contributed by atoms with van der Waals surface area (Å²) >= 11 is 0. The number of carbonyl (C=O) groups is 1. The van der Waals surface area contributed by atoms with Gasteiger partial charge >= 0.3 is 5.97 Å². The molecular formula is C11H13NO2. The molecule has 0 amide bonds. The lowest BCUT2D eigenvalue weighted by molar-refractivity contribution is 0.0600. The fourth-order valence-electron chi connectivity index (χ4n) is 1.58. The van der Waals surface area contributed by atoms with Crippen molar-refractivity contribution in [3.63, 3.8) is 0 Å². The third kappa shape index (κ3) is 1.63. The topological polar surface area (TPSA) is 52.3 Å². The maximum atomic E-state index is 11.1. The van der Waals surface area contributed by atoms with Gasteiger partial charge in [0.25, 0.3) is 0 Å². The zero-order chi connectivity index (χ0) is 10.1. The minimum Gasteiger partial charge on any atom is -0.465 e. The van der Waals surface area contributed by atoms with E-state index < -0.39 is 0 Å². The van der Waals surface area contributed by atoms with Crippen molar-refractivity contribution in [3.05, 3.63) is 35.4 Å². The molecule has 0 aliphatic heterocycles. The summed E-state index contributed by atoms with van der Waals surface area (Å²) < 4.78 is 4.61. The van der Waals surface area contributed by atoms with E-state index in [9.17, 15) is 4.79 Å². The van der Waals surface area contributed by atoms with Gasteiger partial charge < -0.3 is 10.5 Å². The Bertz CT molecular complexity index is 345. The highest BCUT2D eigenvalue weighted by molar-refractivity contribution is 5.89. The molecule has 0 spiro atoms. The van der Waals surface area contributed by atoms with E-state index in [0.717, 1.165) is 6.42 Å². The normalized spacial score (nSPS) is 24.4. The number of hydrogen-bond acceptors (Lipinski definition) is 3. The van der Waals surface area contributed by atoms with Crippen LogP contribution in [-0.2, 0) is 4.74 Å². The average molecular weight is 191 g/mol. The van der Waals surface area contributed by atoms with Gasteiger partial charge in [0.15, 0.2) is 0 Å². The fourth-order valence-corrected chi connectivity index (χ4v) is 1.58. The van der Waals surface area contributed by atoms with E-state index in [-0.39, 0.29) is 5.97 Å². The zero-order valence-corrected chi connectivity index (χ0v) is 8.07. The van der Waals surface area contributed by atoms with Gasteiger partial charge in [-0.2, -0.15) is 0 Å². The van der Waals surface area contributed by atoms with Gasteiger partial charge in [-0.3, -0.25) is 0 Å². The lowest BCUT2D eigenvalue weighted by Crippen LogP contribution is -2.03. The molecule has 2 rings (SSSR count). The molecule has 0 aromatic heterocycles. The number of nitrogens with two attached hydrogens (primary N) is 1. The molecule has 3 nitrogen and oxygen atoms in total. The van der Waals surface area contributed by atoms with Crippen LogP contribution < -0.4 is 5.73 Å². The van der Waals surface area contributed by atoms with Crippen molar-refractivity contribution < 1.29 is 9.53 Å². The average Bonchev–Trinajstić information content (AvgIpc) is 2.95. The summed E-state index contributed by atoms with van der Waals surface area (Å²) in [6.07, 6.45) is 1.05. The van der Waals surface area contributed by atoms with Crippen LogP contribution in [0.2, 0.25) is 0 Å². The number of hydrogen-bond donors (Lipinski definition) is 1. The number of esters is 1. The molecule has 1 aromatic carbocycles. The van der Waals surface area contributed by atoms with Crippen molar-refractivity contribution >= 4 is 5.97 Å². The van der Waals surface area contributed by atoms with Gasteiger partial charge in [0.2, 0.25) is 0 Å². The standard InChI is InChI=1S/C11H13NO2/c1-14-11(13)8-4-2-7(3-5-8)9-6-10(9)12/h2-5,9-10H,6,12H2,1H3/t9-,10+/m1/s1. The maximum Gasteiger partial charge on any atom is 0.337 e. The van der Waals surface area contributed by atoms with E-state index in [1.165, 1.54) is 12.7 Å². The second-order valence-corrected chi connectivity index (χ2v) is 3.62. The van der Waals surface area contributed by atoms with Crippen molar-refractivity contribution in [2.24, 2.45) is 5.73 Å². The molecule has 0 heterocycles. The smallest absolute Gasteiger partial charge is 0.337 e. The van der Waals surface area contributed by atoms with Gasteiger partial charge in [0, 0.05) is 12.0 Å². The van der Waals surface area contributed by atoms with Crippen molar-refractivity contribution in [1.82, 2.24) is 0 Å². The monoisotopic (exact) mass is 191 g/mol. The summed E-state index contributed by atoms with van der Waals surface area (Å²) in [6, 6.07) is 7.77. The van der Waals surface area contributed by atoms with E-state index in [4.69, 9.17) is 5.73 Å². The van der Waals surface area contributed by atoms with Crippen LogP contribution in [0, 0.1) is 0 Å². The first-order valence-electron chi connectivity index (χ1n) is 4.66. The molecule has 1 aliphatic rings. The number of ether oxygens (including phenoxy) is 1. The Morgan fingerprint density at radius 1 is 1.43 bits per heavy atom. The molecule has 0 radical (unpaired) electrons. The maximum absolute atomic E-state index is 11.1. The first kappa shape index (κ1) is 9.21. The molecule has 0 unspecified atom stereocenters. The first-order valence-corrected chi connectivity index (χ1v) is 4.66. The molecule has 2 atom stereocenters. The van der Waals surface area contributed by atoms with Crippen LogP contribution >= 0.6 is 0 Å². The molecule has 14 heavy (non-hydrogen) atoms. The summed E-state index contributed by atoms with van der Waals surface area (Å²) in [5.74, 6) is 0.193. The molecular weight excluding hydrogens is 178 g/mol. The number of rotatable bonds is 2. The Hall–Kier alpha value is -1.35. The lowest BCUT2D eigenvalue weighted by Gasteiger charge is -2.01. The van der Waals surface area contributed by atoms with E-state index in [0.29, 0.717) is 17.5 Å². The minimum atomic E-state index is -0.295. The third-order valence-electron chi connectivity index (χ3n) is 2.60. The summed E-state index contributed by atoms with van der Waals surface area (Å²) in [7, 11) is 1.38. The molecule has 1 aromatic rings. The lowest BCUT2D eigenvalue weighted by atomic mass is 10.1. The SMILES string of the molecule is COC(=O)c1ccc([C@H]2C[C@@H]2N)cc1. The molecule has 0 bridgehead atoms. The van der Waals surface area contributed by atoms with Gasteiger partial charge in [-0.15, -0.1) is 0 Å². The summed E-state index contributed by atoms with van der Waals surface area (Å²) in [5.41, 5.74) is 7.53. The number of methoxy groups -OCH3 is 1. The van der Waals surface area contributed by atoms with Crippen molar-refractivity contribution in [1.29, 1.82) is 0 Å². The molecule has 2 N–H and O–H groups in total. The van der Waals surface area contributed by atoms with Crippen LogP contribution in [0.1, 0.15) is 28.3 Å². The Balaban J connectivity index is 2.14. The minimum absolute atomic E-state index is 0.295. The van der Waals surface area contributed by atoms with Crippen LogP contribution in [0.25, 0.3) is 0 Å².